The van der Waals surface area contributed by atoms with Crippen LogP contribution in [0.2, 0.25) is 5.28 Å². The van der Waals surface area contributed by atoms with Crippen molar-refractivity contribution in [2.75, 3.05) is 16.4 Å². The Kier molecular flexibility index (Phi) is 7.82. The molecule has 1 aromatic heterocycles. The minimum Gasteiger partial charge on any atom is -0.398 e. The molecule has 0 unspecified atom stereocenters. The molecule has 0 aliphatic heterocycles. The molecule has 0 aliphatic carbocycles. The molecule has 0 atom stereocenters. The number of hydrogen-bond acceptors (Lipinski definition) is 11. The number of aromatic nitrogens is 3. The molecule has 5 N–H and O–H groups in total. The van der Waals surface area contributed by atoms with Crippen LogP contribution in [-0.2, 0) is 20.7 Å². The number of nitrogens with one attached hydrogen (secondary N) is 2. The van der Waals surface area contributed by atoms with E-state index in [2.05, 4.69) is 25.6 Å². The first-order valence-corrected chi connectivity index (χ1v) is 10.9. The van der Waals surface area contributed by atoms with E-state index in [-0.39, 0.29) is 27.8 Å². The third-order valence-corrected chi connectivity index (χ3v) is 4.64. The molecule has 0 aliphatic rings. The first-order valence-electron chi connectivity index (χ1n) is 8.10. The van der Waals surface area contributed by atoms with Crippen LogP contribution in [0, 0.1) is 6.92 Å². The summed E-state index contributed by atoms with van der Waals surface area (Å²) >= 11 is 5.96. The maximum absolute atomic E-state index is 11.2. The fourth-order valence-corrected chi connectivity index (χ4v) is 3.04. The van der Waals surface area contributed by atoms with Crippen molar-refractivity contribution in [1.82, 2.24) is 15.0 Å². The van der Waals surface area contributed by atoms with E-state index >= 15 is 0 Å². The largest absolute Gasteiger partial charge is 0.425 e. The van der Waals surface area contributed by atoms with E-state index in [1.165, 1.54) is 18.2 Å². The molecule has 12 nitrogen and oxygen atoms in total. The highest BCUT2D eigenvalue weighted by atomic mass is 35.5. The summed E-state index contributed by atoms with van der Waals surface area (Å²) in [4.78, 5) is 11.9. The zero-order valence-corrected chi connectivity index (χ0v) is 18.0. The van der Waals surface area contributed by atoms with E-state index in [1.54, 1.807) is 0 Å². The van der Waals surface area contributed by atoms with Crippen molar-refractivity contribution in [2.45, 2.75) is 11.8 Å². The number of anilines is 5. The molecule has 15 heteroatoms. The maximum Gasteiger partial charge on any atom is 0.425 e. The van der Waals surface area contributed by atoms with E-state index < -0.39 is 20.7 Å². The Morgan fingerprint density at radius 3 is 2.13 bits per heavy atom. The fourth-order valence-electron chi connectivity index (χ4n) is 2.29. The molecule has 1 heterocycles. The SMILES string of the molecule is Cc1ccccc1Nc1nc(Cl)nc(Nc2ccc(S(=O)(=O)O)c(N)c2)n1.O=S(=O)=O. The van der Waals surface area contributed by atoms with Crippen molar-refractivity contribution >= 4 is 61.3 Å². The van der Waals surface area contributed by atoms with E-state index in [4.69, 9.17) is 34.5 Å². The van der Waals surface area contributed by atoms with E-state index in [0.717, 1.165) is 11.3 Å². The molecule has 0 bridgehead atoms. The van der Waals surface area contributed by atoms with Gasteiger partial charge in [0.1, 0.15) is 4.90 Å². The Labute approximate surface area is 183 Å². The summed E-state index contributed by atoms with van der Waals surface area (Å²) in [7, 11) is -7.51. The molecule has 3 aromatic rings. The van der Waals surface area contributed by atoms with Crippen LogP contribution in [0.4, 0.5) is 29.0 Å². The predicted octanol–water partition coefficient (Wildman–Crippen LogP) is 2.15. The normalized spacial score (nSPS) is 10.5. The smallest absolute Gasteiger partial charge is 0.398 e. The van der Waals surface area contributed by atoms with Crippen LogP contribution in [0.5, 0.6) is 0 Å². The molecule has 0 saturated heterocycles. The van der Waals surface area contributed by atoms with Gasteiger partial charge in [-0.3, -0.25) is 4.55 Å². The standard InChI is InChI=1S/C16H15ClN6O3S.O3S/c1-9-4-2-3-5-12(9)20-16-22-14(17)21-15(23-16)19-10-6-7-13(11(18)8-10)27(24,25)26;1-4(2)3/h2-8H,18H2,1H3,(H,24,25,26)(H2,19,20,21,22,23);. The van der Waals surface area contributed by atoms with Gasteiger partial charge in [0, 0.05) is 11.4 Å². The van der Waals surface area contributed by atoms with Crippen molar-refractivity contribution < 1.29 is 25.6 Å². The number of hydrogen-bond donors (Lipinski definition) is 4. The number of para-hydroxylation sites is 1. The summed E-state index contributed by atoms with van der Waals surface area (Å²) in [5.74, 6) is 0.361. The highest BCUT2D eigenvalue weighted by Crippen LogP contribution is 2.25. The maximum atomic E-state index is 11.2. The van der Waals surface area contributed by atoms with E-state index in [9.17, 15) is 8.42 Å². The van der Waals surface area contributed by atoms with Gasteiger partial charge in [0.05, 0.1) is 5.69 Å². The molecule has 0 fully saturated rings. The highest BCUT2D eigenvalue weighted by Gasteiger charge is 2.14. The second-order valence-corrected chi connectivity index (χ2v) is 7.88. The lowest BCUT2D eigenvalue weighted by Crippen LogP contribution is -2.06. The van der Waals surface area contributed by atoms with Crippen molar-refractivity contribution in [2.24, 2.45) is 0 Å². The summed E-state index contributed by atoms with van der Waals surface area (Å²) in [5, 5.41) is 5.88. The predicted molar refractivity (Wildman–Crippen MR) is 113 cm³/mol. The van der Waals surface area contributed by atoms with Crippen molar-refractivity contribution in [3.63, 3.8) is 0 Å². The number of halogens is 1. The molecule has 2 aromatic carbocycles. The van der Waals surface area contributed by atoms with Gasteiger partial charge in [-0.25, -0.2) is 0 Å². The number of rotatable bonds is 5. The van der Waals surface area contributed by atoms with Gasteiger partial charge >= 0.3 is 10.6 Å². The van der Waals surface area contributed by atoms with Gasteiger partial charge in [-0.1, -0.05) is 18.2 Å². The van der Waals surface area contributed by atoms with Crippen molar-refractivity contribution in [3.05, 3.63) is 53.3 Å². The van der Waals surface area contributed by atoms with Gasteiger partial charge in [-0.15, -0.1) is 12.6 Å². The zero-order chi connectivity index (χ0) is 23.2. The number of nitrogens with zero attached hydrogens (tertiary/aromatic N) is 3. The molecule has 0 spiro atoms. The fraction of sp³-hybridized carbons (Fsp3) is 0.0625. The topological polar surface area (TPSA) is 194 Å². The lowest BCUT2D eigenvalue weighted by molar-refractivity contribution is 0.483. The molecule has 3 rings (SSSR count). The van der Waals surface area contributed by atoms with Gasteiger partial charge < -0.3 is 16.4 Å². The third-order valence-electron chi connectivity index (χ3n) is 3.54. The minimum absolute atomic E-state index is 0.0360. The summed E-state index contributed by atoms with van der Waals surface area (Å²) < 4.78 is 56.9. The first kappa shape index (κ1) is 23.9. The minimum atomic E-state index is -4.40. The van der Waals surface area contributed by atoms with Crippen LogP contribution in [0.15, 0.2) is 47.4 Å². The summed E-state index contributed by atoms with van der Waals surface area (Å²) in [5.41, 5.74) is 7.76. The highest BCUT2D eigenvalue weighted by molar-refractivity contribution is 7.86. The van der Waals surface area contributed by atoms with Crippen LogP contribution < -0.4 is 16.4 Å². The average Bonchev–Trinajstić information content (AvgIpc) is 2.61. The van der Waals surface area contributed by atoms with E-state index in [0.29, 0.717) is 5.69 Å². The van der Waals surface area contributed by atoms with Gasteiger partial charge in [0.2, 0.25) is 17.2 Å². The summed E-state index contributed by atoms with van der Waals surface area (Å²) in [6, 6.07) is 11.5. The number of benzene rings is 2. The van der Waals surface area contributed by atoms with Gasteiger partial charge in [-0.2, -0.15) is 23.4 Å². The summed E-state index contributed by atoms with van der Waals surface area (Å²) in [6.07, 6.45) is 0. The Bertz CT molecular complexity index is 1310. The van der Waals surface area contributed by atoms with Crippen LogP contribution >= 0.6 is 11.6 Å². The lowest BCUT2D eigenvalue weighted by Gasteiger charge is -2.11. The molecular formula is C16H15ClN6O6S2. The Balaban J connectivity index is 0.000000785. The molecule has 0 amide bonds. The van der Waals surface area contributed by atoms with Gasteiger partial charge in [-0.05, 0) is 48.4 Å². The monoisotopic (exact) mass is 486 g/mol. The number of nitrogen functional groups attached to an aromatic ring is 1. The van der Waals surface area contributed by atoms with Crippen LogP contribution in [-0.4, -0.2) is 40.5 Å². The quantitative estimate of drug-likeness (QED) is 0.303. The number of nitrogens with two attached hydrogens (primary N) is 1. The molecule has 164 valence electrons. The summed E-state index contributed by atoms with van der Waals surface area (Å²) in [6.45, 7) is 1.93. The molecule has 0 radical (unpaired) electrons. The van der Waals surface area contributed by atoms with Crippen molar-refractivity contribution in [3.8, 4) is 0 Å². The average molecular weight is 487 g/mol. The lowest BCUT2D eigenvalue weighted by atomic mass is 10.2. The van der Waals surface area contributed by atoms with Crippen LogP contribution in [0.1, 0.15) is 5.56 Å². The molecule has 0 saturated carbocycles. The Morgan fingerprint density at radius 2 is 1.58 bits per heavy atom. The second-order valence-electron chi connectivity index (χ2n) is 5.75. The number of aryl methyl sites for hydroxylation is 1. The van der Waals surface area contributed by atoms with Gasteiger partial charge in [0.15, 0.2) is 0 Å². The first-order chi connectivity index (χ1) is 14.5. The second kappa shape index (κ2) is 10.1. The Morgan fingerprint density at radius 1 is 1.00 bits per heavy atom. The molecule has 31 heavy (non-hydrogen) atoms. The zero-order valence-electron chi connectivity index (χ0n) is 15.6. The van der Waals surface area contributed by atoms with Gasteiger partial charge in [0.25, 0.3) is 10.1 Å². The Hall–Kier alpha value is -3.33. The third kappa shape index (κ3) is 7.45. The van der Waals surface area contributed by atoms with E-state index in [1.807, 2.05) is 31.2 Å². The van der Waals surface area contributed by atoms with Crippen LogP contribution in [0.25, 0.3) is 0 Å². The van der Waals surface area contributed by atoms with Crippen LogP contribution in [0.3, 0.4) is 0 Å². The van der Waals surface area contributed by atoms with Crippen molar-refractivity contribution in [1.29, 1.82) is 0 Å². The molecular weight excluding hydrogens is 472 g/mol.